The van der Waals surface area contributed by atoms with Crippen LogP contribution >= 0.6 is 0 Å². The van der Waals surface area contributed by atoms with Gasteiger partial charge in [-0.15, -0.1) is 0 Å². The van der Waals surface area contributed by atoms with Gasteiger partial charge in [-0.05, 0) is 0 Å². The van der Waals surface area contributed by atoms with E-state index >= 15 is 0 Å². The third-order valence-electron chi connectivity index (χ3n) is 0.500. The Hall–Kier alpha value is 11.0. The van der Waals surface area contributed by atoms with Crippen molar-refractivity contribution in [3.05, 3.63) is 35.1 Å². The molecule has 10 heteroatoms. The predicted octanol–water partition coefficient (Wildman–Crippen LogP) is 3.29. The summed E-state index contributed by atoms with van der Waals surface area (Å²) in [5.74, 6) is 0. The van der Waals surface area contributed by atoms with Gasteiger partial charge in [0.1, 0.15) is 0 Å². The van der Waals surface area contributed by atoms with Crippen LogP contribution in [-0.2, 0) is 327 Å². The molecule has 0 rings (SSSR count). The van der Waals surface area contributed by atoms with Gasteiger partial charge in [0, 0.05) is 327 Å². The molecule has 0 unspecified atom stereocenters. The van der Waals surface area contributed by atoms with Crippen LogP contribution in [0.1, 0.15) is 25.7 Å². The Morgan fingerprint density at radius 3 is 0.368 bits per heavy atom. The maximum absolute atomic E-state index is 3.54. The maximum Gasteiger partial charge on any atom is 0 e. The summed E-state index contributed by atoms with van der Waals surface area (Å²) in [6, 6.07) is 0. The van der Waals surface area contributed by atoms with Crippen molar-refractivity contribution >= 4 is 0 Å². The van der Waals surface area contributed by atoms with E-state index in [2.05, 4.69) is 27.7 Å². The monoisotopic (exact) mass is 1020 g/mol. The fourth-order valence-corrected chi connectivity index (χ4v) is 0. The van der Waals surface area contributed by atoms with Crippen molar-refractivity contribution < 1.29 is 327 Å². The standard InChI is InChI=1S/2C4H8.CH3.10Y/c2*1-3-4-2;;;;;;;;;;;/h2*1-4H2;1H3;;;;;;;;;;/q2*-2;-1;;;;;;;;;;. The molecule has 0 saturated carbocycles. The summed E-state index contributed by atoms with van der Waals surface area (Å²) in [6.45, 7) is 14.2. The minimum Gasteiger partial charge on any atom is -0.358 e. The summed E-state index contributed by atoms with van der Waals surface area (Å²) in [7, 11) is 0. The summed E-state index contributed by atoms with van der Waals surface area (Å²) in [5, 5.41) is 0. The van der Waals surface area contributed by atoms with Crippen molar-refractivity contribution in [2.75, 3.05) is 0 Å². The maximum atomic E-state index is 3.54. The van der Waals surface area contributed by atoms with Crippen LogP contribution in [0.2, 0.25) is 0 Å². The minimum absolute atomic E-state index is 0. The van der Waals surface area contributed by atoms with E-state index in [1.54, 1.807) is 0 Å². The van der Waals surface area contributed by atoms with Crippen molar-refractivity contribution in [1.82, 2.24) is 0 Å². The van der Waals surface area contributed by atoms with E-state index in [0.717, 1.165) is 25.7 Å². The van der Waals surface area contributed by atoms with Crippen LogP contribution < -0.4 is 0 Å². The van der Waals surface area contributed by atoms with E-state index in [1.165, 1.54) is 0 Å². The molecule has 10 radical (unpaired) electrons. The minimum atomic E-state index is 0. The van der Waals surface area contributed by atoms with Gasteiger partial charge >= 0.3 is 0 Å². The van der Waals surface area contributed by atoms with Crippen molar-refractivity contribution in [1.29, 1.82) is 0 Å². The van der Waals surface area contributed by atoms with E-state index in [1.807, 2.05) is 0 Å². The van der Waals surface area contributed by atoms with Crippen LogP contribution in [0.3, 0.4) is 0 Å². The SMILES string of the molecule is [CH2-]CC[CH2-].[CH2-]CC[CH2-].[CH3-].[Y].[Y].[Y].[Y].[Y].[Y].[Y].[Y].[Y].[Y]. The number of hydrogen-bond acceptors (Lipinski definition) is 0. The number of hydrogen-bond donors (Lipinski definition) is 0. The molecular formula is C9H19Y10-5. The van der Waals surface area contributed by atoms with Gasteiger partial charge in [-0.1, -0.05) is 0 Å². The van der Waals surface area contributed by atoms with Crippen LogP contribution in [0.15, 0.2) is 0 Å². The van der Waals surface area contributed by atoms with E-state index in [9.17, 15) is 0 Å². The molecule has 0 N–H and O–H groups in total. The first-order valence-electron chi connectivity index (χ1n) is 3.00. The Bertz CT molecular complexity index is 27.0. The molecule has 0 aromatic carbocycles. The average Bonchev–Trinajstić information content (AvgIpc) is 1.88. The van der Waals surface area contributed by atoms with Gasteiger partial charge in [-0.25, -0.2) is 25.7 Å². The van der Waals surface area contributed by atoms with Crippen LogP contribution in [-0.4, -0.2) is 0 Å². The topological polar surface area (TPSA) is 0 Å². The Labute approximate surface area is 376 Å². The van der Waals surface area contributed by atoms with Crippen molar-refractivity contribution in [3.8, 4) is 0 Å². The molecule has 0 heterocycles. The number of rotatable bonds is 2. The summed E-state index contributed by atoms with van der Waals surface area (Å²) in [4.78, 5) is 0. The molecule has 0 bridgehead atoms. The second kappa shape index (κ2) is 101. The van der Waals surface area contributed by atoms with Gasteiger partial charge in [0.25, 0.3) is 0 Å². The molecule has 0 aromatic rings. The first kappa shape index (κ1) is 87.2. The number of unbranched alkanes of at least 4 members (excludes halogenated alkanes) is 2. The fraction of sp³-hybridized carbons (Fsp3) is 0.444. The first-order chi connectivity index (χ1) is 3.83. The quantitative estimate of drug-likeness (QED) is 0.374. The van der Waals surface area contributed by atoms with Gasteiger partial charge < -0.3 is 35.1 Å². The molecule has 0 spiro atoms. The predicted molar refractivity (Wildman–Crippen MR) is 46.3 cm³/mol. The summed E-state index contributed by atoms with van der Waals surface area (Å²) < 4.78 is 0. The van der Waals surface area contributed by atoms with Gasteiger partial charge in [0.2, 0.25) is 0 Å². The van der Waals surface area contributed by atoms with E-state index in [-0.39, 0.29) is 335 Å². The molecule has 0 amide bonds. The van der Waals surface area contributed by atoms with Gasteiger partial charge in [0.15, 0.2) is 0 Å². The van der Waals surface area contributed by atoms with E-state index in [0.29, 0.717) is 0 Å². The zero-order chi connectivity index (χ0) is 6.83. The van der Waals surface area contributed by atoms with Gasteiger partial charge in [-0.3, -0.25) is 0 Å². The molecule has 0 aliphatic rings. The second-order valence-electron chi connectivity index (χ2n) is 1.41. The Balaban J connectivity index is -0.00000000218. The van der Waals surface area contributed by atoms with Gasteiger partial charge in [-0.2, -0.15) is 0 Å². The molecule has 0 nitrogen and oxygen atoms in total. The molecule has 0 atom stereocenters. The molecule has 0 aliphatic carbocycles. The van der Waals surface area contributed by atoms with Crippen LogP contribution in [0.5, 0.6) is 0 Å². The van der Waals surface area contributed by atoms with E-state index in [4.69, 9.17) is 0 Å². The normalized spacial score (nSPS) is 3.16. The summed E-state index contributed by atoms with van der Waals surface area (Å²) in [5.41, 5.74) is 0. The molecule has 0 aliphatic heterocycles. The first-order valence-corrected chi connectivity index (χ1v) is 3.00. The zero-order valence-electron chi connectivity index (χ0n) is 12.4. The van der Waals surface area contributed by atoms with Crippen molar-refractivity contribution in [2.24, 2.45) is 0 Å². The fourth-order valence-electron chi connectivity index (χ4n) is 0. The molecular weight excluding hydrogens is 997 g/mol. The molecule has 90 valence electrons. The van der Waals surface area contributed by atoms with E-state index < -0.39 is 0 Å². The van der Waals surface area contributed by atoms with Crippen LogP contribution in [0.25, 0.3) is 0 Å². The summed E-state index contributed by atoms with van der Waals surface area (Å²) in [6.07, 6.45) is 3.83. The van der Waals surface area contributed by atoms with Crippen LogP contribution in [0, 0.1) is 35.1 Å². The van der Waals surface area contributed by atoms with Crippen molar-refractivity contribution in [3.63, 3.8) is 0 Å². The van der Waals surface area contributed by atoms with Crippen LogP contribution in [0.4, 0.5) is 0 Å². The molecule has 0 fully saturated rings. The molecule has 0 aromatic heterocycles. The Morgan fingerprint density at radius 2 is 0.368 bits per heavy atom. The molecule has 19 heavy (non-hydrogen) atoms. The third kappa shape index (κ3) is 125. The Kier molecular flexibility index (Phi) is 464. The van der Waals surface area contributed by atoms with Gasteiger partial charge in [0.05, 0.1) is 0 Å². The molecule has 0 saturated heterocycles. The Morgan fingerprint density at radius 1 is 0.316 bits per heavy atom. The largest absolute Gasteiger partial charge is 0.358 e. The summed E-state index contributed by atoms with van der Waals surface area (Å²) >= 11 is 0. The smallest absolute Gasteiger partial charge is 0 e. The average molecular weight is 1020 g/mol. The third-order valence-corrected chi connectivity index (χ3v) is 0.500. The zero-order valence-corrected chi connectivity index (χ0v) is 40.8. The second-order valence-corrected chi connectivity index (χ2v) is 1.41. The van der Waals surface area contributed by atoms with Crippen molar-refractivity contribution in [2.45, 2.75) is 25.7 Å².